The molecule has 2 aromatic rings. The fraction of sp³-hybridized carbons (Fsp3) is 0.143. The van der Waals surface area contributed by atoms with Crippen molar-refractivity contribution in [2.45, 2.75) is 6.92 Å². The molecule has 0 bridgehead atoms. The predicted octanol–water partition coefficient (Wildman–Crippen LogP) is 0.984. The van der Waals surface area contributed by atoms with E-state index in [0.717, 1.165) is 5.69 Å². The quantitative estimate of drug-likeness (QED) is 0.662. The van der Waals surface area contributed by atoms with Crippen LogP contribution < -0.4 is 5.69 Å². The summed E-state index contributed by atoms with van der Waals surface area (Å²) in [6.45, 7) is 1.78. The summed E-state index contributed by atoms with van der Waals surface area (Å²) in [5, 5.41) is 0.341. The molecule has 4 nitrogen and oxygen atoms in total. The molecule has 0 saturated heterocycles. The SMILES string of the molecule is Cc1[nH]c(=O)n2ccnc(Cl)c12. The molecule has 0 aliphatic rings. The number of aryl methyl sites for hydroxylation is 1. The number of imidazole rings is 1. The van der Waals surface area contributed by atoms with Gasteiger partial charge in [0.15, 0.2) is 5.15 Å². The molecule has 62 valence electrons. The van der Waals surface area contributed by atoms with Gasteiger partial charge in [-0.2, -0.15) is 0 Å². The third-order valence-corrected chi connectivity index (χ3v) is 1.98. The van der Waals surface area contributed by atoms with Crippen LogP contribution in [0.15, 0.2) is 17.2 Å². The lowest BCUT2D eigenvalue weighted by Crippen LogP contribution is -2.08. The Morgan fingerprint density at radius 1 is 1.67 bits per heavy atom. The van der Waals surface area contributed by atoms with E-state index in [2.05, 4.69) is 9.97 Å². The summed E-state index contributed by atoms with van der Waals surface area (Å²) < 4.78 is 1.44. The van der Waals surface area contributed by atoms with Crippen molar-refractivity contribution in [1.29, 1.82) is 0 Å². The van der Waals surface area contributed by atoms with Gasteiger partial charge in [-0.05, 0) is 6.92 Å². The zero-order valence-corrected chi connectivity index (χ0v) is 7.09. The summed E-state index contributed by atoms with van der Waals surface area (Å²) in [5.41, 5.74) is 1.19. The van der Waals surface area contributed by atoms with Gasteiger partial charge >= 0.3 is 5.69 Å². The minimum Gasteiger partial charge on any atom is -0.309 e. The van der Waals surface area contributed by atoms with Gasteiger partial charge in [-0.15, -0.1) is 0 Å². The number of nitrogens with one attached hydrogen (secondary N) is 1. The lowest BCUT2D eigenvalue weighted by Gasteiger charge is -1.93. The molecule has 0 amide bonds. The van der Waals surface area contributed by atoms with Crippen molar-refractivity contribution in [2.24, 2.45) is 0 Å². The van der Waals surface area contributed by atoms with E-state index in [1.807, 2.05) is 0 Å². The highest BCUT2D eigenvalue weighted by Crippen LogP contribution is 2.14. The Labute approximate surface area is 72.8 Å². The first kappa shape index (κ1) is 7.36. The summed E-state index contributed by atoms with van der Waals surface area (Å²) >= 11 is 5.78. The maximum absolute atomic E-state index is 11.2. The van der Waals surface area contributed by atoms with Crippen LogP contribution in [0.1, 0.15) is 5.69 Å². The van der Waals surface area contributed by atoms with Crippen LogP contribution in [-0.2, 0) is 0 Å². The number of H-pyrrole nitrogens is 1. The number of fused-ring (bicyclic) bond motifs is 1. The van der Waals surface area contributed by atoms with Gasteiger partial charge < -0.3 is 4.98 Å². The second-order valence-corrected chi connectivity index (χ2v) is 2.85. The van der Waals surface area contributed by atoms with E-state index in [0.29, 0.717) is 10.7 Å². The van der Waals surface area contributed by atoms with Crippen molar-refractivity contribution in [2.75, 3.05) is 0 Å². The zero-order chi connectivity index (χ0) is 8.72. The Balaban J connectivity index is 3.09. The lowest BCUT2D eigenvalue weighted by atomic mass is 10.4. The van der Waals surface area contributed by atoms with Crippen molar-refractivity contribution in [3.63, 3.8) is 0 Å². The number of nitrogens with zero attached hydrogens (tertiary/aromatic N) is 2. The van der Waals surface area contributed by atoms with Crippen LogP contribution in [0.25, 0.3) is 5.52 Å². The molecular weight excluding hydrogens is 178 g/mol. The van der Waals surface area contributed by atoms with Crippen molar-refractivity contribution in [3.05, 3.63) is 33.7 Å². The molecule has 0 spiro atoms. The van der Waals surface area contributed by atoms with Crippen LogP contribution >= 0.6 is 11.6 Å². The lowest BCUT2D eigenvalue weighted by molar-refractivity contribution is 1.04. The van der Waals surface area contributed by atoms with Gasteiger partial charge in [0.2, 0.25) is 0 Å². The molecular formula is C7H6ClN3O. The van der Waals surface area contributed by atoms with E-state index in [9.17, 15) is 4.79 Å². The Bertz CT molecular complexity index is 485. The molecule has 0 fully saturated rings. The number of halogens is 1. The number of rotatable bonds is 0. The van der Waals surface area contributed by atoms with Gasteiger partial charge in [-0.3, -0.25) is 4.40 Å². The van der Waals surface area contributed by atoms with E-state index in [4.69, 9.17) is 11.6 Å². The second-order valence-electron chi connectivity index (χ2n) is 2.49. The highest BCUT2D eigenvalue weighted by atomic mass is 35.5. The summed E-state index contributed by atoms with van der Waals surface area (Å²) in [6, 6.07) is 0. The molecule has 12 heavy (non-hydrogen) atoms. The van der Waals surface area contributed by atoms with Crippen LogP contribution in [0.3, 0.4) is 0 Å². The standard InChI is InChI=1S/C7H6ClN3O/c1-4-5-6(8)9-2-3-11(5)7(12)10-4/h2-3H,1H3,(H,10,12). The average molecular weight is 184 g/mol. The first-order valence-electron chi connectivity index (χ1n) is 3.41. The molecule has 0 aromatic carbocycles. The minimum atomic E-state index is -0.188. The Hall–Kier alpha value is -1.29. The number of hydrogen-bond acceptors (Lipinski definition) is 2. The summed E-state index contributed by atoms with van der Waals surface area (Å²) in [7, 11) is 0. The molecule has 2 heterocycles. The number of aromatic amines is 1. The Kier molecular flexibility index (Phi) is 1.44. The average Bonchev–Trinajstić information content (AvgIpc) is 2.29. The van der Waals surface area contributed by atoms with Crippen LogP contribution in [0, 0.1) is 6.92 Å². The fourth-order valence-corrected chi connectivity index (χ4v) is 1.47. The van der Waals surface area contributed by atoms with Crippen molar-refractivity contribution >= 4 is 17.1 Å². The highest BCUT2D eigenvalue weighted by Gasteiger charge is 2.06. The van der Waals surface area contributed by atoms with Crippen molar-refractivity contribution in [3.8, 4) is 0 Å². The molecule has 2 rings (SSSR count). The largest absolute Gasteiger partial charge is 0.330 e. The van der Waals surface area contributed by atoms with Crippen LogP contribution in [0.5, 0.6) is 0 Å². The molecule has 1 N–H and O–H groups in total. The predicted molar refractivity (Wildman–Crippen MR) is 45.6 cm³/mol. The molecule has 0 aliphatic heterocycles. The molecule has 0 saturated carbocycles. The number of hydrogen-bond donors (Lipinski definition) is 1. The van der Waals surface area contributed by atoms with Gasteiger partial charge in [0.1, 0.15) is 5.52 Å². The van der Waals surface area contributed by atoms with Gasteiger partial charge in [0.25, 0.3) is 0 Å². The van der Waals surface area contributed by atoms with Gasteiger partial charge in [-0.25, -0.2) is 9.78 Å². The zero-order valence-electron chi connectivity index (χ0n) is 6.34. The molecule has 0 unspecified atom stereocenters. The topological polar surface area (TPSA) is 50.2 Å². The molecule has 2 aromatic heterocycles. The molecule has 0 radical (unpaired) electrons. The highest BCUT2D eigenvalue weighted by molar-refractivity contribution is 6.32. The van der Waals surface area contributed by atoms with Gasteiger partial charge in [0.05, 0.1) is 0 Å². The minimum absolute atomic E-state index is 0.188. The third-order valence-electron chi connectivity index (χ3n) is 1.71. The van der Waals surface area contributed by atoms with E-state index in [1.165, 1.54) is 10.6 Å². The van der Waals surface area contributed by atoms with E-state index >= 15 is 0 Å². The van der Waals surface area contributed by atoms with Gasteiger partial charge in [0, 0.05) is 18.1 Å². The molecule has 0 atom stereocenters. The van der Waals surface area contributed by atoms with E-state index in [1.54, 1.807) is 13.1 Å². The second kappa shape index (κ2) is 2.35. The fourth-order valence-electron chi connectivity index (χ4n) is 1.18. The van der Waals surface area contributed by atoms with Gasteiger partial charge in [-0.1, -0.05) is 11.6 Å². The summed E-state index contributed by atoms with van der Waals surface area (Å²) in [5.74, 6) is 0. The smallest absolute Gasteiger partial charge is 0.309 e. The maximum atomic E-state index is 11.2. The summed E-state index contributed by atoms with van der Waals surface area (Å²) in [6.07, 6.45) is 3.07. The number of aromatic nitrogens is 3. The first-order chi connectivity index (χ1) is 5.70. The van der Waals surface area contributed by atoms with Crippen molar-refractivity contribution in [1.82, 2.24) is 14.4 Å². The Morgan fingerprint density at radius 3 is 3.08 bits per heavy atom. The molecule has 5 heteroatoms. The Morgan fingerprint density at radius 2 is 2.42 bits per heavy atom. The third kappa shape index (κ3) is 0.848. The maximum Gasteiger partial charge on any atom is 0.330 e. The van der Waals surface area contributed by atoms with Crippen molar-refractivity contribution < 1.29 is 0 Å². The van der Waals surface area contributed by atoms with Crippen LogP contribution in [-0.4, -0.2) is 14.4 Å². The normalized spacial score (nSPS) is 10.8. The monoisotopic (exact) mass is 183 g/mol. The first-order valence-corrected chi connectivity index (χ1v) is 3.79. The van der Waals surface area contributed by atoms with E-state index in [-0.39, 0.29) is 5.69 Å². The van der Waals surface area contributed by atoms with Crippen LogP contribution in [0.4, 0.5) is 0 Å². The van der Waals surface area contributed by atoms with E-state index < -0.39 is 0 Å². The van der Waals surface area contributed by atoms with Crippen LogP contribution in [0.2, 0.25) is 5.15 Å². The summed E-state index contributed by atoms with van der Waals surface area (Å²) in [4.78, 5) is 17.7. The molecule has 0 aliphatic carbocycles.